The van der Waals surface area contributed by atoms with E-state index in [0.29, 0.717) is 24.8 Å². The van der Waals surface area contributed by atoms with Crippen LogP contribution >= 0.6 is 0 Å². The van der Waals surface area contributed by atoms with Crippen molar-refractivity contribution < 1.29 is 9.47 Å². The molecular weight excluding hydrogens is 242 g/mol. The maximum atomic E-state index is 5.77. The molecule has 0 atom stereocenters. The topological polar surface area (TPSA) is 70.3 Å². The minimum Gasteiger partial charge on any atom is -0.475 e. The van der Waals surface area contributed by atoms with Crippen molar-refractivity contribution in [3.05, 3.63) is 24.5 Å². The van der Waals surface area contributed by atoms with E-state index in [1.165, 1.54) is 6.33 Å². The van der Waals surface area contributed by atoms with E-state index in [-0.39, 0.29) is 0 Å². The van der Waals surface area contributed by atoms with E-state index in [1.54, 1.807) is 0 Å². The van der Waals surface area contributed by atoms with E-state index in [4.69, 9.17) is 15.2 Å². The lowest BCUT2D eigenvalue weighted by Crippen LogP contribution is -2.08. The average molecular weight is 261 g/mol. The number of anilines is 1. The Labute approximate surface area is 112 Å². The van der Waals surface area contributed by atoms with Crippen LogP contribution in [-0.4, -0.2) is 29.8 Å². The molecule has 0 aliphatic carbocycles. The first kappa shape index (κ1) is 13.5. The third-order valence-electron chi connectivity index (χ3n) is 2.73. The van der Waals surface area contributed by atoms with E-state index >= 15 is 0 Å². The Balaban J connectivity index is 1.95. The Kier molecular flexibility index (Phi) is 4.92. The van der Waals surface area contributed by atoms with Gasteiger partial charge >= 0.3 is 0 Å². The van der Waals surface area contributed by atoms with Crippen LogP contribution in [0.5, 0.6) is 5.88 Å². The van der Waals surface area contributed by atoms with E-state index in [9.17, 15) is 0 Å². The number of nitrogens with zero attached hydrogens (tertiary/aromatic N) is 2. The maximum Gasteiger partial charge on any atom is 0.224 e. The first-order valence-electron chi connectivity index (χ1n) is 6.52. The van der Waals surface area contributed by atoms with Crippen LogP contribution in [0.1, 0.15) is 19.8 Å². The summed E-state index contributed by atoms with van der Waals surface area (Å²) in [6, 6.07) is 5.49. The molecule has 0 aliphatic heterocycles. The molecule has 0 fully saturated rings. The van der Waals surface area contributed by atoms with Gasteiger partial charge in [0, 0.05) is 12.3 Å². The number of aromatic nitrogens is 2. The third-order valence-corrected chi connectivity index (χ3v) is 2.73. The summed E-state index contributed by atoms with van der Waals surface area (Å²) in [5, 5.41) is 0.830. The molecule has 0 saturated heterocycles. The van der Waals surface area contributed by atoms with Crippen molar-refractivity contribution in [3.63, 3.8) is 0 Å². The molecule has 0 saturated carbocycles. The van der Waals surface area contributed by atoms with E-state index in [1.807, 2.05) is 18.2 Å². The fraction of sp³-hybridized carbons (Fsp3) is 0.429. The second-order valence-electron chi connectivity index (χ2n) is 4.27. The summed E-state index contributed by atoms with van der Waals surface area (Å²) in [6.07, 6.45) is 3.70. The lowest BCUT2D eigenvalue weighted by molar-refractivity contribution is 0.0970. The summed E-state index contributed by atoms with van der Waals surface area (Å²) >= 11 is 0. The molecule has 1 heterocycles. The molecule has 5 nitrogen and oxygen atoms in total. The van der Waals surface area contributed by atoms with Crippen molar-refractivity contribution in [2.45, 2.75) is 19.8 Å². The van der Waals surface area contributed by atoms with Gasteiger partial charge in [-0.25, -0.2) is 9.97 Å². The zero-order chi connectivity index (χ0) is 13.5. The van der Waals surface area contributed by atoms with Gasteiger partial charge in [0.15, 0.2) is 0 Å². The van der Waals surface area contributed by atoms with Crippen LogP contribution in [0.3, 0.4) is 0 Å². The first-order chi connectivity index (χ1) is 9.31. The molecule has 19 heavy (non-hydrogen) atoms. The predicted molar refractivity (Wildman–Crippen MR) is 75.2 cm³/mol. The molecule has 0 unspecified atom stereocenters. The van der Waals surface area contributed by atoms with Gasteiger partial charge in [-0.05, 0) is 24.6 Å². The van der Waals surface area contributed by atoms with Gasteiger partial charge in [0.25, 0.3) is 0 Å². The molecule has 0 spiro atoms. The average Bonchev–Trinajstić information content (AvgIpc) is 2.43. The van der Waals surface area contributed by atoms with Crippen molar-refractivity contribution in [2.75, 3.05) is 25.6 Å². The largest absolute Gasteiger partial charge is 0.475 e. The summed E-state index contributed by atoms with van der Waals surface area (Å²) in [5.41, 5.74) is 7.26. The highest BCUT2D eigenvalue weighted by Crippen LogP contribution is 2.23. The van der Waals surface area contributed by atoms with Gasteiger partial charge in [0.2, 0.25) is 5.88 Å². The van der Waals surface area contributed by atoms with Gasteiger partial charge in [-0.3, -0.25) is 0 Å². The second-order valence-corrected chi connectivity index (χ2v) is 4.27. The zero-order valence-corrected chi connectivity index (χ0v) is 11.1. The number of ether oxygens (including phenoxy) is 2. The number of hydrogen-bond donors (Lipinski definition) is 1. The van der Waals surface area contributed by atoms with Gasteiger partial charge in [-0.15, -0.1) is 0 Å². The highest BCUT2D eigenvalue weighted by atomic mass is 16.5. The van der Waals surface area contributed by atoms with Crippen molar-refractivity contribution in [1.82, 2.24) is 9.97 Å². The minimum absolute atomic E-state index is 0.477. The molecular formula is C14H19N3O2. The van der Waals surface area contributed by atoms with Crippen LogP contribution in [-0.2, 0) is 4.74 Å². The standard InChI is InChI=1S/C14H19N3O2/c1-2-3-6-18-7-8-19-14-12-9-11(15)4-5-13(12)16-10-17-14/h4-5,9-10H,2-3,6-8,15H2,1H3. The van der Waals surface area contributed by atoms with Gasteiger partial charge in [-0.2, -0.15) is 0 Å². The summed E-state index contributed by atoms with van der Waals surface area (Å²) in [6.45, 7) is 3.95. The molecule has 1 aromatic heterocycles. The summed E-state index contributed by atoms with van der Waals surface area (Å²) in [4.78, 5) is 8.31. The summed E-state index contributed by atoms with van der Waals surface area (Å²) in [7, 11) is 0. The maximum absolute atomic E-state index is 5.77. The van der Waals surface area contributed by atoms with Crippen molar-refractivity contribution in [1.29, 1.82) is 0 Å². The van der Waals surface area contributed by atoms with Crippen LogP contribution < -0.4 is 10.5 Å². The Morgan fingerprint density at radius 1 is 1.16 bits per heavy atom. The molecule has 0 amide bonds. The van der Waals surface area contributed by atoms with E-state index in [2.05, 4.69) is 16.9 Å². The van der Waals surface area contributed by atoms with Crippen LogP contribution in [0.15, 0.2) is 24.5 Å². The monoisotopic (exact) mass is 261 g/mol. The molecule has 0 aliphatic rings. The summed E-state index contributed by atoms with van der Waals surface area (Å²) < 4.78 is 11.1. The summed E-state index contributed by atoms with van der Waals surface area (Å²) in [5.74, 6) is 0.552. The minimum atomic E-state index is 0.477. The number of nitrogens with two attached hydrogens (primary N) is 1. The first-order valence-corrected chi connectivity index (χ1v) is 6.52. The SMILES string of the molecule is CCCCOCCOc1ncnc2ccc(N)cc12. The molecule has 2 aromatic rings. The molecule has 2 N–H and O–H groups in total. The lowest BCUT2D eigenvalue weighted by atomic mass is 10.2. The number of fused-ring (bicyclic) bond motifs is 1. The predicted octanol–water partition coefficient (Wildman–Crippen LogP) is 2.41. The van der Waals surface area contributed by atoms with Gasteiger partial charge in [0.1, 0.15) is 12.9 Å². The Bertz CT molecular complexity index is 531. The van der Waals surface area contributed by atoms with Crippen LogP contribution in [0, 0.1) is 0 Å². The zero-order valence-electron chi connectivity index (χ0n) is 11.1. The van der Waals surface area contributed by atoms with Crippen molar-refractivity contribution in [3.8, 4) is 5.88 Å². The second kappa shape index (κ2) is 6.89. The van der Waals surface area contributed by atoms with Gasteiger partial charge in [0.05, 0.1) is 17.5 Å². The normalized spacial score (nSPS) is 10.8. The fourth-order valence-electron chi connectivity index (χ4n) is 1.71. The fourth-order valence-corrected chi connectivity index (χ4v) is 1.71. The molecule has 5 heteroatoms. The van der Waals surface area contributed by atoms with E-state index < -0.39 is 0 Å². The molecule has 2 rings (SSSR count). The number of benzene rings is 1. The van der Waals surface area contributed by atoms with Gasteiger partial charge in [-0.1, -0.05) is 13.3 Å². The lowest BCUT2D eigenvalue weighted by Gasteiger charge is -2.08. The van der Waals surface area contributed by atoms with Crippen LogP contribution in [0.25, 0.3) is 10.9 Å². The third kappa shape index (κ3) is 3.79. The highest BCUT2D eigenvalue weighted by Gasteiger charge is 2.05. The van der Waals surface area contributed by atoms with Crippen LogP contribution in [0.2, 0.25) is 0 Å². The number of nitrogen functional groups attached to an aromatic ring is 1. The Morgan fingerprint density at radius 2 is 2.05 bits per heavy atom. The molecule has 0 bridgehead atoms. The Morgan fingerprint density at radius 3 is 2.89 bits per heavy atom. The smallest absolute Gasteiger partial charge is 0.224 e. The van der Waals surface area contributed by atoms with Crippen molar-refractivity contribution >= 4 is 16.6 Å². The Hall–Kier alpha value is -1.88. The van der Waals surface area contributed by atoms with Gasteiger partial charge < -0.3 is 15.2 Å². The van der Waals surface area contributed by atoms with E-state index in [0.717, 1.165) is 30.4 Å². The molecule has 102 valence electrons. The number of unbranched alkanes of at least 4 members (excludes halogenated alkanes) is 1. The number of hydrogen-bond acceptors (Lipinski definition) is 5. The molecule has 1 aromatic carbocycles. The number of rotatable bonds is 7. The van der Waals surface area contributed by atoms with Crippen molar-refractivity contribution in [2.24, 2.45) is 0 Å². The highest BCUT2D eigenvalue weighted by molar-refractivity contribution is 5.86. The quantitative estimate of drug-likeness (QED) is 0.612. The van der Waals surface area contributed by atoms with Crippen LogP contribution in [0.4, 0.5) is 5.69 Å². The molecule has 0 radical (unpaired) electrons.